The van der Waals surface area contributed by atoms with Crippen molar-refractivity contribution in [3.05, 3.63) is 35.4 Å². The van der Waals surface area contributed by atoms with Crippen molar-refractivity contribution in [1.29, 1.82) is 0 Å². The van der Waals surface area contributed by atoms with Crippen LogP contribution in [-0.2, 0) is 11.3 Å². The van der Waals surface area contributed by atoms with Gasteiger partial charge in [-0.2, -0.15) is 0 Å². The van der Waals surface area contributed by atoms with Gasteiger partial charge in [0.1, 0.15) is 0 Å². The van der Waals surface area contributed by atoms with Crippen LogP contribution in [0.5, 0.6) is 0 Å². The van der Waals surface area contributed by atoms with Gasteiger partial charge in [-0.3, -0.25) is 9.59 Å². The molecule has 0 spiro atoms. The summed E-state index contributed by atoms with van der Waals surface area (Å²) in [5.74, 6) is -0.310. The lowest BCUT2D eigenvalue weighted by Gasteiger charge is -2.08. The van der Waals surface area contributed by atoms with Crippen molar-refractivity contribution < 1.29 is 14.7 Å². The summed E-state index contributed by atoms with van der Waals surface area (Å²) in [4.78, 5) is 22.4. The van der Waals surface area contributed by atoms with Crippen LogP contribution in [0, 0.1) is 0 Å². The first-order valence-electron chi connectivity index (χ1n) is 5.78. The summed E-state index contributed by atoms with van der Waals surface area (Å²) >= 11 is 0. The summed E-state index contributed by atoms with van der Waals surface area (Å²) in [6.07, 6.45) is -0.562. The molecular weight excluding hydrogens is 232 g/mol. The van der Waals surface area contributed by atoms with E-state index in [0.29, 0.717) is 12.1 Å². The highest BCUT2D eigenvalue weighted by Crippen LogP contribution is 2.04. The van der Waals surface area contributed by atoms with Crippen LogP contribution in [0.25, 0.3) is 0 Å². The minimum atomic E-state index is -0.562. The molecule has 5 nitrogen and oxygen atoms in total. The van der Waals surface area contributed by atoms with E-state index in [1.165, 1.54) is 6.92 Å². The molecule has 0 bridgehead atoms. The first-order valence-corrected chi connectivity index (χ1v) is 5.78. The van der Waals surface area contributed by atoms with Crippen LogP contribution < -0.4 is 10.6 Å². The van der Waals surface area contributed by atoms with Gasteiger partial charge in [-0.1, -0.05) is 12.1 Å². The number of benzene rings is 1. The second-order valence-electron chi connectivity index (χ2n) is 4.17. The van der Waals surface area contributed by atoms with E-state index >= 15 is 0 Å². The number of aliphatic hydroxyl groups excluding tert-OH is 1. The maximum atomic E-state index is 11.6. The summed E-state index contributed by atoms with van der Waals surface area (Å²) < 4.78 is 0. The molecule has 1 rings (SSSR count). The van der Waals surface area contributed by atoms with E-state index in [1.54, 1.807) is 31.2 Å². The van der Waals surface area contributed by atoms with Crippen LogP contribution in [0.1, 0.15) is 29.8 Å². The van der Waals surface area contributed by atoms with Gasteiger partial charge in [0.05, 0.1) is 6.10 Å². The van der Waals surface area contributed by atoms with Crippen LogP contribution in [0.4, 0.5) is 0 Å². The molecule has 18 heavy (non-hydrogen) atoms. The summed E-state index contributed by atoms with van der Waals surface area (Å²) in [6.45, 7) is 3.74. The van der Waals surface area contributed by atoms with Gasteiger partial charge in [-0.25, -0.2) is 0 Å². The van der Waals surface area contributed by atoms with E-state index < -0.39 is 6.10 Å². The fourth-order valence-corrected chi connectivity index (χ4v) is 1.34. The standard InChI is InChI=1S/C13H18N2O3/c1-9(16)7-15-13(18)12-5-3-11(4-6-12)8-14-10(2)17/h3-6,9,16H,7-8H2,1-2H3,(H,14,17)(H,15,18). The smallest absolute Gasteiger partial charge is 0.251 e. The normalized spacial score (nSPS) is 11.7. The highest BCUT2D eigenvalue weighted by Gasteiger charge is 2.06. The average Bonchev–Trinajstić information content (AvgIpc) is 2.34. The van der Waals surface area contributed by atoms with Crippen molar-refractivity contribution >= 4 is 11.8 Å². The number of aliphatic hydroxyl groups is 1. The lowest BCUT2D eigenvalue weighted by molar-refractivity contribution is -0.119. The molecule has 0 aliphatic heterocycles. The van der Waals surface area contributed by atoms with Crippen LogP contribution in [-0.4, -0.2) is 29.6 Å². The summed E-state index contributed by atoms with van der Waals surface area (Å²) in [5, 5.41) is 14.3. The predicted molar refractivity (Wildman–Crippen MR) is 68.0 cm³/mol. The van der Waals surface area contributed by atoms with Crippen LogP contribution in [0.2, 0.25) is 0 Å². The van der Waals surface area contributed by atoms with Crippen LogP contribution >= 0.6 is 0 Å². The quantitative estimate of drug-likeness (QED) is 0.709. The largest absolute Gasteiger partial charge is 0.392 e. The third kappa shape index (κ3) is 4.97. The Balaban J connectivity index is 2.53. The minimum Gasteiger partial charge on any atom is -0.392 e. The zero-order chi connectivity index (χ0) is 13.5. The second-order valence-corrected chi connectivity index (χ2v) is 4.17. The molecule has 0 saturated heterocycles. The van der Waals surface area contributed by atoms with Crippen molar-refractivity contribution in [3.63, 3.8) is 0 Å². The Hall–Kier alpha value is -1.88. The highest BCUT2D eigenvalue weighted by molar-refractivity contribution is 5.94. The van der Waals surface area contributed by atoms with Gasteiger partial charge < -0.3 is 15.7 Å². The molecule has 1 unspecified atom stereocenters. The van der Waals surface area contributed by atoms with Gasteiger partial charge >= 0.3 is 0 Å². The van der Waals surface area contributed by atoms with E-state index in [4.69, 9.17) is 5.11 Å². The fraction of sp³-hybridized carbons (Fsp3) is 0.385. The average molecular weight is 250 g/mol. The molecule has 0 radical (unpaired) electrons. The number of carbonyl (C=O) groups is 2. The van der Waals surface area contributed by atoms with E-state index in [-0.39, 0.29) is 18.4 Å². The first-order chi connectivity index (χ1) is 8.49. The molecule has 1 aromatic rings. The maximum Gasteiger partial charge on any atom is 0.251 e. The molecule has 0 aromatic heterocycles. The topological polar surface area (TPSA) is 78.4 Å². The summed E-state index contributed by atoms with van der Waals surface area (Å²) in [5.41, 5.74) is 1.46. The lowest BCUT2D eigenvalue weighted by Crippen LogP contribution is -2.30. The Labute approximate surface area is 106 Å². The summed E-state index contributed by atoms with van der Waals surface area (Å²) in [6, 6.07) is 6.95. The number of nitrogens with one attached hydrogen (secondary N) is 2. The zero-order valence-corrected chi connectivity index (χ0v) is 10.6. The zero-order valence-electron chi connectivity index (χ0n) is 10.6. The minimum absolute atomic E-state index is 0.0891. The second kappa shape index (κ2) is 6.76. The molecule has 3 N–H and O–H groups in total. The molecule has 5 heteroatoms. The Kier molecular flexibility index (Phi) is 5.32. The van der Waals surface area contributed by atoms with Crippen molar-refractivity contribution in [2.75, 3.05) is 6.54 Å². The number of amides is 2. The van der Waals surface area contributed by atoms with Gasteiger partial charge in [0.2, 0.25) is 5.91 Å². The Morgan fingerprint density at radius 1 is 1.22 bits per heavy atom. The summed E-state index contributed by atoms with van der Waals surface area (Å²) in [7, 11) is 0. The van der Waals surface area contributed by atoms with E-state index in [1.807, 2.05) is 0 Å². The van der Waals surface area contributed by atoms with Crippen molar-refractivity contribution in [1.82, 2.24) is 10.6 Å². The Bertz CT molecular complexity index is 413. The molecule has 1 aromatic carbocycles. The van der Waals surface area contributed by atoms with Gasteiger partial charge in [0, 0.05) is 25.6 Å². The maximum absolute atomic E-state index is 11.6. The van der Waals surface area contributed by atoms with E-state index in [9.17, 15) is 9.59 Å². The number of hydrogen-bond acceptors (Lipinski definition) is 3. The van der Waals surface area contributed by atoms with Crippen molar-refractivity contribution in [3.8, 4) is 0 Å². The molecular formula is C13H18N2O3. The van der Waals surface area contributed by atoms with E-state index in [2.05, 4.69) is 10.6 Å². The molecule has 0 saturated carbocycles. The van der Waals surface area contributed by atoms with Gasteiger partial charge in [-0.15, -0.1) is 0 Å². The number of carbonyl (C=O) groups excluding carboxylic acids is 2. The molecule has 2 amide bonds. The van der Waals surface area contributed by atoms with Crippen molar-refractivity contribution in [2.45, 2.75) is 26.5 Å². The van der Waals surface area contributed by atoms with Gasteiger partial charge in [-0.05, 0) is 24.6 Å². The molecule has 0 aliphatic rings. The van der Waals surface area contributed by atoms with Gasteiger partial charge in [0.15, 0.2) is 0 Å². The Morgan fingerprint density at radius 2 is 1.83 bits per heavy atom. The first kappa shape index (κ1) is 14.2. The molecule has 1 atom stereocenters. The third-order valence-electron chi connectivity index (χ3n) is 2.32. The third-order valence-corrected chi connectivity index (χ3v) is 2.32. The fourth-order valence-electron chi connectivity index (χ4n) is 1.34. The molecule has 0 fully saturated rings. The van der Waals surface area contributed by atoms with Crippen molar-refractivity contribution in [2.24, 2.45) is 0 Å². The van der Waals surface area contributed by atoms with Crippen LogP contribution in [0.15, 0.2) is 24.3 Å². The monoisotopic (exact) mass is 250 g/mol. The SMILES string of the molecule is CC(=O)NCc1ccc(C(=O)NCC(C)O)cc1. The van der Waals surface area contributed by atoms with Gasteiger partial charge in [0.25, 0.3) is 5.91 Å². The molecule has 0 aliphatic carbocycles. The lowest BCUT2D eigenvalue weighted by atomic mass is 10.1. The number of rotatable bonds is 5. The molecule has 98 valence electrons. The number of hydrogen-bond donors (Lipinski definition) is 3. The molecule has 0 heterocycles. The van der Waals surface area contributed by atoms with E-state index in [0.717, 1.165) is 5.56 Å². The Morgan fingerprint density at radius 3 is 2.33 bits per heavy atom. The highest BCUT2D eigenvalue weighted by atomic mass is 16.3. The van der Waals surface area contributed by atoms with Crippen LogP contribution in [0.3, 0.4) is 0 Å². The predicted octanol–water partition coefficient (Wildman–Crippen LogP) is 0.433.